The Balaban J connectivity index is 2.48. The highest BCUT2D eigenvalue weighted by Crippen LogP contribution is 2.30. The molecule has 1 saturated heterocycles. The predicted octanol–water partition coefficient (Wildman–Crippen LogP) is 1.45. The first-order valence-corrected chi connectivity index (χ1v) is 10.1. The topological polar surface area (TPSA) is 75.2 Å². The van der Waals surface area contributed by atoms with E-state index in [1.54, 1.807) is 11.8 Å². The van der Waals surface area contributed by atoms with Gasteiger partial charge in [-0.3, -0.25) is 0 Å². The Labute approximate surface area is 130 Å². The summed E-state index contributed by atoms with van der Waals surface area (Å²) in [6.45, 7) is 7.23. The van der Waals surface area contributed by atoms with E-state index in [2.05, 4.69) is 15.3 Å². The van der Waals surface area contributed by atoms with Gasteiger partial charge in [0, 0.05) is 36.4 Å². The normalized spacial score (nSPS) is 19.6. The average molecular weight is 330 g/mol. The van der Waals surface area contributed by atoms with Gasteiger partial charge in [-0.15, -0.1) is 0 Å². The van der Waals surface area contributed by atoms with Crippen molar-refractivity contribution in [2.45, 2.75) is 26.1 Å². The summed E-state index contributed by atoms with van der Waals surface area (Å²) in [5.41, 5.74) is 0.906. The van der Waals surface area contributed by atoms with E-state index in [4.69, 9.17) is 0 Å². The number of thioether (sulfide) groups is 1. The molecule has 1 atom stereocenters. The molecule has 0 saturated carbocycles. The number of aromatic nitrogens is 2. The fourth-order valence-corrected chi connectivity index (χ4v) is 5.23. The minimum absolute atomic E-state index is 0.515. The standard InChI is InChI=1S/C13H22N4O2S2/c1-5-14-12-9(2)13(16-10(3)15-12)17-6-7-20-8-11(17)21(4,18)19/h11H,5-8H2,1-4H3,(H,14,15,16). The Hall–Kier alpha value is -1.02. The molecule has 0 amide bonds. The molecule has 1 N–H and O–H groups in total. The smallest absolute Gasteiger partial charge is 0.169 e. The van der Waals surface area contributed by atoms with E-state index in [0.29, 0.717) is 18.1 Å². The zero-order valence-corrected chi connectivity index (χ0v) is 14.5. The van der Waals surface area contributed by atoms with Gasteiger partial charge in [-0.25, -0.2) is 18.4 Å². The zero-order chi connectivity index (χ0) is 15.6. The summed E-state index contributed by atoms with van der Waals surface area (Å²) < 4.78 is 24.1. The lowest BCUT2D eigenvalue weighted by atomic mass is 10.2. The number of rotatable bonds is 4. The molecular formula is C13H22N4O2S2. The molecule has 1 aliphatic heterocycles. The van der Waals surface area contributed by atoms with Crippen LogP contribution in [0.3, 0.4) is 0 Å². The van der Waals surface area contributed by atoms with Crippen molar-refractivity contribution in [3.63, 3.8) is 0 Å². The monoisotopic (exact) mass is 330 g/mol. The predicted molar refractivity (Wildman–Crippen MR) is 89.0 cm³/mol. The third-order valence-corrected chi connectivity index (χ3v) is 6.07. The van der Waals surface area contributed by atoms with Gasteiger partial charge < -0.3 is 10.2 Å². The van der Waals surface area contributed by atoms with Crippen LogP contribution >= 0.6 is 11.8 Å². The number of nitrogens with zero attached hydrogens (tertiary/aromatic N) is 3. The molecule has 1 unspecified atom stereocenters. The van der Waals surface area contributed by atoms with E-state index in [1.807, 2.05) is 25.7 Å². The van der Waals surface area contributed by atoms with Gasteiger partial charge in [-0.05, 0) is 20.8 Å². The number of aryl methyl sites for hydroxylation is 1. The Bertz CT molecular complexity index is 619. The van der Waals surface area contributed by atoms with Crippen molar-refractivity contribution >= 4 is 33.2 Å². The van der Waals surface area contributed by atoms with Crippen LogP contribution in [0.4, 0.5) is 11.6 Å². The molecule has 1 fully saturated rings. The summed E-state index contributed by atoms with van der Waals surface area (Å²) in [6, 6.07) is 0. The molecule has 0 bridgehead atoms. The number of anilines is 2. The first-order chi connectivity index (χ1) is 9.84. The molecule has 8 heteroatoms. The van der Waals surface area contributed by atoms with Crippen LogP contribution in [-0.4, -0.2) is 54.6 Å². The Morgan fingerprint density at radius 1 is 1.38 bits per heavy atom. The summed E-state index contributed by atoms with van der Waals surface area (Å²) >= 11 is 1.67. The quantitative estimate of drug-likeness (QED) is 0.895. The van der Waals surface area contributed by atoms with Crippen molar-refractivity contribution in [3.8, 4) is 0 Å². The van der Waals surface area contributed by atoms with E-state index in [0.717, 1.165) is 29.5 Å². The fourth-order valence-electron chi connectivity index (χ4n) is 2.41. The van der Waals surface area contributed by atoms with Crippen LogP contribution in [0.5, 0.6) is 0 Å². The lowest BCUT2D eigenvalue weighted by molar-refractivity contribution is 0.583. The summed E-state index contributed by atoms with van der Waals surface area (Å²) in [5.74, 6) is 3.65. The van der Waals surface area contributed by atoms with Crippen LogP contribution in [0.15, 0.2) is 0 Å². The molecule has 6 nitrogen and oxygen atoms in total. The molecule has 2 rings (SSSR count). The van der Waals surface area contributed by atoms with Crippen molar-refractivity contribution in [3.05, 3.63) is 11.4 Å². The van der Waals surface area contributed by atoms with Crippen LogP contribution < -0.4 is 10.2 Å². The highest BCUT2D eigenvalue weighted by atomic mass is 32.2. The number of hydrogen-bond donors (Lipinski definition) is 1. The van der Waals surface area contributed by atoms with Gasteiger partial charge >= 0.3 is 0 Å². The van der Waals surface area contributed by atoms with E-state index < -0.39 is 15.2 Å². The molecule has 0 spiro atoms. The van der Waals surface area contributed by atoms with Crippen LogP contribution in [0, 0.1) is 13.8 Å². The highest BCUT2D eigenvalue weighted by Gasteiger charge is 2.33. The average Bonchev–Trinajstić information content (AvgIpc) is 2.42. The fraction of sp³-hybridized carbons (Fsp3) is 0.692. The molecule has 2 heterocycles. The number of sulfone groups is 1. The highest BCUT2D eigenvalue weighted by molar-refractivity contribution is 8.01. The van der Waals surface area contributed by atoms with Gasteiger partial charge in [-0.1, -0.05) is 0 Å². The van der Waals surface area contributed by atoms with Crippen LogP contribution in [0.25, 0.3) is 0 Å². The van der Waals surface area contributed by atoms with Gasteiger partial charge in [0.2, 0.25) is 0 Å². The van der Waals surface area contributed by atoms with Gasteiger partial charge in [0.15, 0.2) is 9.84 Å². The second kappa shape index (κ2) is 6.39. The second-order valence-electron chi connectivity index (χ2n) is 5.15. The molecular weight excluding hydrogens is 308 g/mol. The Kier molecular flexibility index (Phi) is 4.98. The molecule has 1 aromatic rings. The van der Waals surface area contributed by atoms with Gasteiger partial charge in [0.05, 0.1) is 0 Å². The number of nitrogens with one attached hydrogen (secondary N) is 1. The molecule has 1 aromatic heterocycles. The van der Waals surface area contributed by atoms with Crippen LogP contribution in [0.1, 0.15) is 18.3 Å². The van der Waals surface area contributed by atoms with Gasteiger partial charge in [0.1, 0.15) is 22.8 Å². The van der Waals surface area contributed by atoms with Crippen LogP contribution in [0.2, 0.25) is 0 Å². The molecule has 1 aliphatic rings. The zero-order valence-electron chi connectivity index (χ0n) is 12.9. The van der Waals surface area contributed by atoms with E-state index >= 15 is 0 Å². The Morgan fingerprint density at radius 2 is 2.10 bits per heavy atom. The van der Waals surface area contributed by atoms with Crippen molar-refractivity contribution in [1.82, 2.24) is 9.97 Å². The third-order valence-electron chi connectivity index (χ3n) is 3.43. The van der Waals surface area contributed by atoms with Crippen LogP contribution in [-0.2, 0) is 9.84 Å². The molecule has 0 aromatic carbocycles. The summed E-state index contributed by atoms with van der Waals surface area (Å²) in [6.07, 6.45) is 1.30. The molecule has 118 valence electrons. The first kappa shape index (κ1) is 16.4. The molecule has 21 heavy (non-hydrogen) atoms. The van der Waals surface area contributed by atoms with Crippen molar-refractivity contribution in [2.75, 3.05) is 41.1 Å². The lowest BCUT2D eigenvalue weighted by Gasteiger charge is -2.36. The maximum Gasteiger partial charge on any atom is 0.169 e. The minimum atomic E-state index is -3.15. The van der Waals surface area contributed by atoms with E-state index in [-0.39, 0.29) is 0 Å². The first-order valence-electron chi connectivity index (χ1n) is 6.97. The number of hydrogen-bond acceptors (Lipinski definition) is 7. The molecule has 0 radical (unpaired) electrons. The second-order valence-corrected chi connectivity index (χ2v) is 8.50. The van der Waals surface area contributed by atoms with Gasteiger partial charge in [0.25, 0.3) is 0 Å². The van der Waals surface area contributed by atoms with Crippen molar-refractivity contribution in [2.24, 2.45) is 0 Å². The van der Waals surface area contributed by atoms with E-state index in [1.165, 1.54) is 6.26 Å². The van der Waals surface area contributed by atoms with E-state index in [9.17, 15) is 8.42 Å². The van der Waals surface area contributed by atoms with Crippen molar-refractivity contribution < 1.29 is 8.42 Å². The van der Waals surface area contributed by atoms with Crippen molar-refractivity contribution in [1.29, 1.82) is 0 Å². The summed E-state index contributed by atoms with van der Waals surface area (Å²) in [4.78, 5) is 10.8. The maximum absolute atomic E-state index is 12.1. The van der Waals surface area contributed by atoms with Gasteiger partial charge in [-0.2, -0.15) is 11.8 Å². The summed E-state index contributed by atoms with van der Waals surface area (Å²) in [5, 5.41) is 2.70. The summed E-state index contributed by atoms with van der Waals surface area (Å²) in [7, 11) is -3.15. The molecule has 0 aliphatic carbocycles. The SMILES string of the molecule is CCNc1nc(C)nc(N2CCSCC2S(C)(=O)=O)c1C. The largest absolute Gasteiger partial charge is 0.370 e. The third kappa shape index (κ3) is 3.60. The Morgan fingerprint density at radius 3 is 2.71 bits per heavy atom. The minimum Gasteiger partial charge on any atom is -0.370 e. The maximum atomic E-state index is 12.1. The lowest BCUT2D eigenvalue weighted by Crippen LogP contribution is -2.47.